The topological polar surface area (TPSA) is 55.8 Å². The molecule has 5 heteroatoms. The number of carbonyl (C=O) groups is 2. The minimum absolute atomic E-state index is 0.126. The molecule has 0 bridgehead atoms. The molecule has 108 valence electrons. The van der Waals surface area contributed by atoms with Gasteiger partial charge in [0.05, 0.1) is 17.9 Å². The predicted molar refractivity (Wildman–Crippen MR) is 74.8 cm³/mol. The number of rotatable bonds is 4. The summed E-state index contributed by atoms with van der Waals surface area (Å²) in [6.07, 6.45) is 1.21. The van der Waals surface area contributed by atoms with E-state index in [-0.39, 0.29) is 5.91 Å². The van der Waals surface area contributed by atoms with Gasteiger partial charge in [0.1, 0.15) is 6.10 Å². The van der Waals surface area contributed by atoms with Crippen LogP contribution in [0.3, 0.4) is 0 Å². The van der Waals surface area contributed by atoms with Gasteiger partial charge in [-0.2, -0.15) is 0 Å². The van der Waals surface area contributed by atoms with Crippen LogP contribution in [0, 0.1) is 0 Å². The van der Waals surface area contributed by atoms with Crippen molar-refractivity contribution in [2.24, 2.45) is 0 Å². The van der Waals surface area contributed by atoms with E-state index < -0.39 is 12.1 Å². The Morgan fingerprint density at radius 1 is 1.40 bits per heavy atom. The first kappa shape index (κ1) is 14.5. The van der Waals surface area contributed by atoms with Crippen LogP contribution in [0.25, 0.3) is 0 Å². The van der Waals surface area contributed by atoms with Crippen LogP contribution in [0.1, 0.15) is 30.1 Å². The maximum Gasteiger partial charge on any atom is 0.340 e. The molecule has 1 heterocycles. The molecule has 0 aliphatic carbocycles. The van der Waals surface area contributed by atoms with Crippen LogP contribution in [-0.4, -0.2) is 38.2 Å². The fraction of sp³-hybridized carbons (Fsp3) is 0.467. The van der Waals surface area contributed by atoms with Crippen LogP contribution in [0.15, 0.2) is 24.3 Å². The molecule has 1 atom stereocenters. The van der Waals surface area contributed by atoms with Gasteiger partial charge in [0, 0.05) is 13.7 Å². The molecule has 1 aliphatic rings. The summed E-state index contributed by atoms with van der Waals surface area (Å²) in [4.78, 5) is 25.7. The highest BCUT2D eigenvalue weighted by atomic mass is 16.5. The van der Waals surface area contributed by atoms with Crippen molar-refractivity contribution in [3.63, 3.8) is 0 Å². The quantitative estimate of drug-likeness (QED) is 0.790. The average molecular weight is 277 g/mol. The lowest BCUT2D eigenvalue weighted by Crippen LogP contribution is -2.36. The molecule has 0 N–H and O–H groups in total. The number of ether oxygens (including phenoxy) is 2. The molecule has 20 heavy (non-hydrogen) atoms. The lowest BCUT2D eigenvalue weighted by Gasteiger charge is -2.22. The van der Waals surface area contributed by atoms with E-state index in [4.69, 9.17) is 9.47 Å². The number of esters is 1. The lowest BCUT2D eigenvalue weighted by molar-refractivity contribution is -0.127. The van der Waals surface area contributed by atoms with Gasteiger partial charge >= 0.3 is 5.97 Å². The second-order valence-corrected chi connectivity index (χ2v) is 4.64. The molecular formula is C15H19NO4. The Hall–Kier alpha value is -1.88. The summed E-state index contributed by atoms with van der Waals surface area (Å²) in [6, 6.07) is 6.93. The van der Waals surface area contributed by atoms with Crippen LogP contribution in [0.5, 0.6) is 0 Å². The summed E-state index contributed by atoms with van der Waals surface area (Å²) in [5.74, 6) is -0.547. The van der Waals surface area contributed by atoms with Crippen LogP contribution in [0.2, 0.25) is 0 Å². The number of para-hydroxylation sites is 1. The maximum absolute atomic E-state index is 12.3. The number of carbonyl (C=O) groups excluding carboxylic acids is 2. The van der Waals surface area contributed by atoms with E-state index in [0.29, 0.717) is 24.5 Å². The number of hydrogen-bond donors (Lipinski definition) is 0. The van der Waals surface area contributed by atoms with Crippen molar-refractivity contribution in [2.75, 3.05) is 25.2 Å². The normalized spacial score (nSPS) is 17.8. The van der Waals surface area contributed by atoms with Crippen molar-refractivity contribution in [3.05, 3.63) is 29.8 Å². The zero-order valence-electron chi connectivity index (χ0n) is 11.8. The van der Waals surface area contributed by atoms with Crippen LogP contribution in [0.4, 0.5) is 5.69 Å². The second kappa shape index (κ2) is 6.52. The highest BCUT2D eigenvalue weighted by Gasteiger charge is 2.28. The van der Waals surface area contributed by atoms with Crippen molar-refractivity contribution >= 4 is 17.6 Å². The van der Waals surface area contributed by atoms with Crippen LogP contribution < -0.4 is 4.90 Å². The molecular weight excluding hydrogens is 258 g/mol. The largest absolute Gasteiger partial charge is 0.462 e. The summed E-state index contributed by atoms with van der Waals surface area (Å²) in [6.45, 7) is 2.67. The highest BCUT2D eigenvalue weighted by molar-refractivity contribution is 6.03. The fourth-order valence-electron chi connectivity index (χ4n) is 2.25. The molecule has 1 aromatic rings. The van der Waals surface area contributed by atoms with Crippen LogP contribution >= 0.6 is 0 Å². The summed E-state index contributed by atoms with van der Waals surface area (Å²) in [5, 5.41) is 0. The Bertz CT molecular complexity index is 494. The Morgan fingerprint density at radius 3 is 2.80 bits per heavy atom. The third kappa shape index (κ3) is 2.99. The molecule has 0 aromatic heterocycles. The average Bonchev–Trinajstić information content (AvgIpc) is 3.00. The summed E-state index contributed by atoms with van der Waals surface area (Å²) in [5.41, 5.74) is 0.939. The molecule has 0 unspecified atom stereocenters. The molecule has 0 radical (unpaired) electrons. The number of nitrogens with zero attached hydrogens (tertiary/aromatic N) is 1. The van der Waals surface area contributed by atoms with E-state index in [9.17, 15) is 9.59 Å². The predicted octanol–water partition coefficient (Wildman–Crippen LogP) is 2.01. The van der Waals surface area contributed by atoms with Gasteiger partial charge in [-0.1, -0.05) is 12.1 Å². The summed E-state index contributed by atoms with van der Waals surface area (Å²) >= 11 is 0. The number of benzene rings is 1. The molecule has 1 saturated heterocycles. The van der Waals surface area contributed by atoms with Crippen molar-refractivity contribution < 1.29 is 19.1 Å². The first-order valence-corrected chi connectivity index (χ1v) is 6.80. The Labute approximate surface area is 118 Å². The number of amides is 1. The molecule has 1 aromatic carbocycles. The Balaban J connectivity index is 2.22. The highest BCUT2D eigenvalue weighted by Crippen LogP contribution is 2.23. The molecule has 1 aliphatic heterocycles. The number of likely N-dealkylation sites (N-methyl/N-ethyl adjacent to an activating group) is 1. The summed E-state index contributed by atoms with van der Waals surface area (Å²) in [7, 11) is 1.65. The summed E-state index contributed by atoms with van der Waals surface area (Å²) < 4.78 is 10.4. The molecule has 5 nitrogen and oxygen atoms in total. The molecule has 1 fully saturated rings. The van der Waals surface area contributed by atoms with E-state index in [2.05, 4.69) is 0 Å². The second-order valence-electron chi connectivity index (χ2n) is 4.64. The Morgan fingerprint density at radius 2 is 2.15 bits per heavy atom. The molecule has 0 spiro atoms. The zero-order chi connectivity index (χ0) is 14.5. The molecule has 2 rings (SSSR count). The molecule has 1 amide bonds. The molecule has 0 saturated carbocycles. The third-order valence-electron chi connectivity index (χ3n) is 3.30. The van der Waals surface area contributed by atoms with E-state index in [0.717, 1.165) is 12.8 Å². The number of hydrogen-bond acceptors (Lipinski definition) is 4. The van der Waals surface area contributed by atoms with Gasteiger partial charge in [-0.3, -0.25) is 4.79 Å². The van der Waals surface area contributed by atoms with Crippen LogP contribution in [-0.2, 0) is 14.3 Å². The van der Waals surface area contributed by atoms with Gasteiger partial charge in [0.15, 0.2) is 0 Å². The Kier molecular flexibility index (Phi) is 4.74. The van der Waals surface area contributed by atoms with Gasteiger partial charge in [0.25, 0.3) is 5.91 Å². The van der Waals surface area contributed by atoms with E-state index in [1.807, 2.05) is 0 Å². The minimum atomic E-state index is -0.421. The van der Waals surface area contributed by atoms with Crippen molar-refractivity contribution in [1.29, 1.82) is 0 Å². The zero-order valence-corrected chi connectivity index (χ0v) is 11.8. The fourth-order valence-corrected chi connectivity index (χ4v) is 2.25. The third-order valence-corrected chi connectivity index (χ3v) is 3.30. The van der Waals surface area contributed by atoms with E-state index in [1.54, 1.807) is 38.2 Å². The minimum Gasteiger partial charge on any atom is -0.462 e. The van der Waals surface area contributed by atoms with Crippen molar-refractivity contribution in [2.45, 2.75) is 25.9 Å². The number of anilines is 1. The first-order chi connectivity index (χ1) is 9.65. The van der Waals surface area contributed by atoms with E-state index in [1.165, 1.54) is 4.90 Å². The monoisotopic (exact) mass is 277 g/mol. The maximum atomic E-state index is 12.3. The van der Waals surface area contributed by atoms with Gasteiger partial charge in [0.2, 0.25) is 0 Å². The standard InChI is InChI=1S/C15H19NO4/c1-3-19-15(18)11-7-4-5-8-12(11)16(2)14(17)13-9-6-10-20-13/h4-5,7-8,13H,3,6,9-10H2,1-2H3/t13-/m0/s1. The van der Waals surface area contributed by atoms with E-state index >= 15 is 0 Å². The lowest BCUT2D eigenvalue weighted by atomic mass is 10.1. The SMILES string of the molecule is CCOC(=O)c1ccccc1N(C)C(=O)[C@@H]1CCCO1. The van der Waals surface area contributed by atoms with Gasteiger partial charge in [-0.15, -0.1) is 0 Å². The van der Waals surface area contributed by atoms with Gasteiger partial charge in [-0.25, -0.2) is 4.79 Å². The van der Waals surface area contributed by atoms with Gasteiger partial charge in [-0.05, 0) is 31.9 Å². The van der Waals surface area contributed by atoms with Crippen molar-refractivity contribution in [1.82, 2.24) is 0 Å². The van der Waals surface area contributed by atoms with Crippen molar-refractivity contribution in [3.8, 4) is 0 Å². The smallest absolute Gasteiger partial charge is 0.340 e. The van der Waals surface area contributed by atoms with Gasteiger partial charge < -0.3 is 14.4 Å². The first-order valence-electron chi connectivity index (χ1n) is 6.80.